The van der Waals surface area contributed by atoms with Crippen LogP contribution in [-0.4, -0.2) is 140 Å². The third-order valence-corrected chi connectivity index (χ3v) is 14.2. The van der Waals surface area contributed by atoms with Crippen LogP contribution in [0.1, 0.15) is 66.8 Å². The number of carbonyl (C=O) groups is 2. The van der Waals surface area contributed by atoms with Gasteiger partial charge in [0.25, 0.3) is 0 Å². The van der Waals surface area contributed by atoms with E-state index in [1.807, 2.05) is 20.8 Å². The Morgan fingerprint density at radius 1 is 1.06 bits per heavy atom. The molecule has 356 valence electrons. The number of aliphatic hydroxyl groups is 1. The second kappa shape index (κ2) is 20.8. The number of amides is 1. The van der Waals surface area contributed by atoms with Gasteiger partial charge in [-0.2, -0.15) is 4.98 Å². The fraction of sp³-hybridized carbons (Fsp3) is 0.647. The Hall–Kier alpha value is -3.76. The van der Waals surface area contributed by atoms with E-state index in [0.717, 1.165) is 10.9 Å². The van der Waals surface area contributed by atoms with Crippen molar-refractivity contribution in [2.75, 3.05) is 31.2 Å². The summed E-state index contributed by atoms with van der Waals surface area (Å²) in [6.07, 6.45) is -8.36. The topological polar surface area (TPSA) is 369 Å². The first kappa shape index (κ1) is 51.2. The average molecular weight is 983 g/mol. The van der Waals surface area contributed by atoms with E-state index in [1.165, 1.54) is 44.7 Å². The molecule has 1 amide bonds. The van der Waals surface area contributed by atoms with Gasteiger partial charge in [-0.1, -0.05) is 42.4 Å². The number of nitrogens with two attached hydrogens (primary N) is 2. The Labute approximate surface area is 373 Å². The molecule has 0 bridgehead atoms. The summed E-state index contributed by atoms with van der Waals surface area (Å²) >= 11 is 0. The highest BCUT2D eigenvalue weighted by Crippen LogP contribution is 2.50. The molecule has 5 rings (SSSR count). The van der Waals surface area contributed by atoms with Crippen molar-refractivity contribution in [1.82, 2.24) is 34.4 Å². The number of hydrogen-bond acceptors (Lipinski definition) is 22. The van der Waals surface area contributed by atoms with Gasteiger partial charge in [0.15, 0.2) is 23.8 Å². The molecular formula is C34H52N10O16P2S2. The van der Waals surface area contributed by atoms with E-state index in [0.29, 0.717) is 0 Å². The maximum absolute atomic E-state index is 14.2. The Balaban J connectivity index is 1.41. The van der Waals surface area contributed by atoms with Crippen LogP contribution in [0.15, 0.2) is 34.7 Å². The molecule has 2 unspecified atom stereocenters. The van der Waals surface area contributed by atoms with Crippen molar-refractivity contribution < 1.29 is 71.0 Å². The Morgan fingerprint density at radius 3 is 2.41 bits per heavy atom. The predicted molar refractivity (Wildman–Crippen MR) is 231 cm³/mol. The number of esters is 1. The number of hydrogen-bond donors (Lipinski definition) is 7. The van der Waals surface area contributed by atoms with Crippen molar-refractivity contribution in [3.8, 4) is 0 Å². The molecule has 0 radical (unpaired) electrons. The number of aliphatic hydroxyl groups excluding tert-OH is 1. The molecule has 30 heteroatoms. The number of carbonyl (C=O) groups excluding carboxylic acids is 2. The maximum Gasteiger partial charge on any atom is 0.472 e. The molecule has 0 spiro atoms. The smallest absolute Gasteiger partial charge is 0.455 e. The lowest BCUT2D eigenvalue weighted by Crippen LogP contribution is -2.49. The van der Waals surface area contributed by atoms with Gasteiger partial charge in [-0.25, -0.2) is 38.5 Å². The van der Waals surface area contributed by atoms with Gasteiger partial charge in [-0.15, -0.1) is 0 Å². The second-order valence-corrected chi connectivity index (χ2v) is 22.4. The van der Waals surface area contributed by atoms with Crippen LogP contribution < -0.4 is 22.5 Å². The first-order valence-corrected chi connectivity index (χ1v) is 24.6. The highest BCUT2D eigenvalue weighted by atomic mass is 33.1. The predicted octanol–water partition coefficient (Wildman–Crippen LogP) is 1.85. The highest BCUT2D eigenvalue weighted by Gasteiger charge is 2.50. The second-order valence-electron chi connectivity index (χ2n) is 16.4. The minimum Gasteiger partial charge on any atom is -0.455 e. The molecule has 5 heterocycles. The number of rotatable bonds is 19. The molecule has 3 aromatic heterocycles. The van der Waals surface area contributed by atoms with Crippen molar-refractivity contribution >= 4 is 78.8 Å². The zero-order valence-corrected chi connectivity index (χ0v) is 38.9. The summed E-state index contributed by atoms with van der Waals surface area (Å²) in [4.78, 5) is 89.5. The normalized spacial score (nSPS) is 24.8. The molecular weight excluding hydrogens is 931 g/mol. The van der Waals surface area contributed by atoms with Gasteiger partial charge in [0.2, 0.25) is 0 Å². The Bertz CT molecular complexity index is 2290. The van der Waals surface area contributed by atoms with Crippen LogP contribution >= 0.6 is 37.2 Å². The SMILES string of the molecule is C=NCC(C[C@H](NC(=O)OC(C)(C)C)C(=O)O[C@H]1[C@@H](O)[C@H](n2cnc3c(N)ncnc32)O[C@@H]1COP(=O)(O)O[C@H]1C[C@H](n2ccc(N)nc2=O)O[C@@H]1COP(=O)(O)O)SSC(C)(C)C. The fourth-order valence-corrected chi connectivity index (χ4v) is 10.1. The van der Waals surface area contributed by atoms with Crippen LogP contribution in [0.3, 0.4) is 0 Å². The zero-order chi connectivity index (χ0) is 47.4. The quantitative estimate of drug-likeness (QED) is 0.0390. The average Bonchev–Trinajstić information content (AvgIpc) is 3.86. The number of nitrogens with zero attached hydrogens (tertiary/aromatic N) is 7. The number of aliphatic imine (C=N–C) groups is 1. The molecule has 3 aromatic rings. The number of imidazole rings is 1. The van der Waals surface area contributed by atoms with Crippen LogP contribution in [0.5, 0.6) is 0 Å². The van der Waals surface area contributed by atoms with Crippen LogP contribution in [0, 0.1) is 0 Å². The van der Waals surface area contributed by atoms with Gasteiger partial charge in [0.05, 0.1) is 26.1 Å². The highest BCUT2D eigenvalue weighted by molar-refractivity contribution is 8.77. The lowest BCUT2D eigenvalue weighted by molar-refractivity contribution is -0.159. The van der Waals surface area contributed by atoms with Crippen LogP contribution in [0.25, 0.3) is 11.2 Å². The molecule has 10 atom stereocenters. The number of phosphoric acid groups is 2. The van der Waals surface area contributed by atoms with Crippen LogP contribution in [-0.2, 0) is 46.4 Å². The summed E-state index contributed by atoms with van der Waals surface area (Å²) in [5, 5.41) is 14.0. The van der Waals surface area contributed by atoms with Gasteiger partial charge in [-0.3, -0.25) is 27.7 Å². The van der Waals surface area contributed by atoms with E-state index in [2.05, 4.69) is 41.5 Å². The molecule has 26 nitrogen and oxygen atoms in total. The summed E-state index contributed by atoms with van der Waals surface area (Å²) < 4.78 is 65.7. The molecule has 2 aliphatic rings. The van der Waals surface area contributed by atoms with Crippen molar-refractivity contribution in [1.29, 1.82) is 0 Å². The van der Waals surface area contributed by atoms with Crippen molar-refractivity contribution in [3.05, 3.63) is 35.4 Å². The van der Waals surface area contributed by atoms with E-state index < -0.39 is 106 Å². The molecule has 2 saturated heterocycles. The van der Waals surface area contributed by atoms with Gasteiger partial charge in [0, 0.05) is 22.6 Å². The number of nitrogen functional groups attached to an aromatic ring is 2. The molecule has 0 aliphatic carbocycles. The number of fused-ring (bicyclic) bond motifs is 1. The summed E-state index contributed by atoms with van der Waals surface area (Å²) in [7, 11) is -7.41. The zero-order valence-electron chi connectivity index (χ0n) is 35.4. The van der Waals surface area contributed by atoms with Crippen molar-refractivity contribution in [3.63, 3.8) is 0 Å². The lowest BCUT2D eigenvalue weighted by Gasteiger charge is -2.28. The number of nitrogens with one attached hydrogen (secondary N) is 1. The molecule has 0 saturated carbocycles. The Morgan fingerprint density at radius 2 is 1.77 bits per heavy atom. The standard InChI is InChI=1S/C34H52N10O16P2S2/c1-33(2,3)59-32(48)41-18(10-17(12-37-7)63-64-34(4,5)6)30(46)58-26-21(57-29(25(26)45)44-16-40-24-27(36)38-15-39-28(24)44)14-55-62(52,53)60-19-11-23(43-9-8-22(35)42-31(43)47)56-20(19)13-54-61(49,50)51/h8-9,15-21,23,25-26,29,45H,7,10-14H2,1-6H3,(H,41,48)(H,52,53)(H2,35,42,47)(H2,36,38,39)(H2,49,50,51)/t17?,18-,19-,20+,21+,23+,25+,26+,29+/m0/s1. The van der Waals surface area contributed by atoms with Gasteiger partial charge in [-0.05, 0) is 40.0 Å². The van der Waals surface area contributed by atoms with Crippen molar-refractivity contribution in [2.45, 2.75) is 119 Å². The molecule has 64 heavy (non-hydrogen) atoms. The van der Waals surface area contributed by atoms with E-state index in [1.54, 1.807) is 20.8 Å². The van der Waals surface area contributed by atoms with Gasteiger partial charge < -0.3 is 55.5 Å². The monoisotopic (exact) mass is 982 g/mol. The van der Waals surface area contributed by atoms with E-state index in [4.69, 9.17) is 39.5 Å². The molecule has 9 N–H and O–H groups in total. The summed E-state index contributed by atoms with van der Waals surface area (Å²) in [5.74, 6) is -1.16. The first-order chi connectivity index (χ1) is 29.7. The Kier molecular flexibility index (Phi) is 16.7. The van der Waals surface area contributed by atoms with Gasteiger partial charge in [0.1, 0.15) is 59.9 Å². The molecule has 2 aliphatic heterocycles. The third-order valence-electron chi connectivity index (χ3n) is 8.88. The number of anilines is 2. The number of phosphoric ester groups is 2. The summed E-state index contributed by atoms with van der Waals surface area (Å²) in [6.45, 7) is 12.9. The number of ether oxygens (including phenoxy) is 4. The van der Waals surface area contributed by atoms with E-state index >= 15 is 0 Å². The summed E-state index contributed by atoms with van der Waals surface area (Å²) in [6, 6.07) is -0.124. The van der Waals surface area contributed by atoms with Crippen LogP contribution in [0.4, 0.5) is 16.4 Å². The third kappa shape index (κ3) is 14.4. The number of alkyl carbamates (subject to hydrolysis) is 1. The van der Waals surface area contributed by atoms with Crippen molar-refractivity contribution in [2.24, 2.45) is 4.99 Å². The molecule has 2 fully saturated rings. The lowest BCUT2D eigenvalue weighted by atomic mass is 10.1. The number of aromatic nitrogens is 6. The minimum atomic E-state index is -5.25. The minimum absolute atomic E-state index is 0.000232. The maximum atomic E-state index is 14.2. The van der Waals surface area contributed by atoms with E-state index in [-0.39, 0.29) is 46.9 Å². The van der Waals surface area contributed by atoms with Crippen LogP contribution in [0.2, 0.25) is 0 Å². The largest absolute Gasteiger partial charge is 0.472 e. The van der Waals surface area contributed by atoms with Gasteiger partial charge >= 0.3 is 33.4 Å². The summed E-state index contributed by atoms with van der Waals surface area (Å²) in [5.41, 5.74) is 9.99. The first-order valence-electron chi connectivity index (χ1n) is 19.3. The van der Waals surface area contributed by atoms with E-state index in [9.17, 15) is 43.3 Å². The fourth-order valence-electron chi connectivity index (χ4n) is 6.25. The molecule has 0 aromatic carbocycles.